The molecule has 2 aromatic rings. The number of rotatable bonds is 2. The van der Waals surface area contributed by atoms with E-state index in [1.54, 1.807) is 0 Å². The van der Waals surface area contributed by atoms with E-state index in [-0.39, 0.29) is 5.56 Å². The molecule has 0 aromatic heterocycles. The highest BCUT2D eigenvalue weighted by atomic mass is 79.9. The standard InChI is InChI=1S/C14H12BrF2N/c1-8-4-9(6-10(15)5-8)14(18)12-3-2-11(16)7-13(12)17/h2-7,14H,18H2,1H3. The SMILES string of the molecule is Cc1cc(Br)cc(C(N)c2ccc(F)cc2F)c1. The van der Waals surface area contributed by atoms with Gasteiger partial charge in [-0.15, -0.1) is 0 Å². The summed E-state index contributed by atoms with van der Waals surface area (Å²) < 4.78 is 27.4. The van der Waals surface area contributed by atoms with Crippen LogP contribution >= 0.6 is 15.9 Å². The number of aryl methyl sites for hydroxylation is 1. The highest BCUT2D eigenvalue weighted by Gasteiger charge is 2.14. The quantitative estimate of drug-likeness (QED) is 0.888. The number of benzene rings is 2. The topological polar surface area (TPSA) is 26.0 Å². The van der Waals surface area contributed by atoms with Crippen LogP contribution in [0.2, 0.25) is 0 Å². The second-order valence-electron chi connectivity index (χ2n) is 4.21. The molecule has 0 fully saturated rings. The summed E-state index contributed by atoms with van der Waals surface area (Å²) in [4.78, 5) is 0. The third-order valence-corrected chi connectivity index (χ3v) is 3.18. The number of nitrogens with two attached hydrogens (primary N) is 1. The van der Waals surface area contributed by atoms with Crippen LogP contribution in [0.4, 0.5) is 8.78 Å². The normalized spacial score (nSPS) is 12.5. The Morgan fingerprint density at radius 3 is 2.44 bits per heavy atom. The van der Waals surface area contributed by atoms with E-state index in [4.69, 9.17) is 5.73 Å². The van der Waals surface area contributed by atoms with Crippen molar-refractivity contribution in [2.45, 2.75) is 13.0 Å². The molecule has 0 heterocycles. The lowest BCUT2D eigenvalue weighted by Crippen LogP contribution is -2.14. The molecule has 1 nitrogen and oxygen atoms in total. The Kier molecular flexibility index (Phi) is 3.78. The molecule has 1 atom stereocenters. The predicted molar refractivity (Wildman–Crippen MR) is 71.3 cm³/mol. The third kappa shape index (κ3) is 2.76. The Labute approximate surface area is 113 Å². The van der Waals surface area contributed by atoms with Crippen molar-refractivity contribution in [3.63, 3.8) is 0 Å². The van der Waals surface area contributed by atoms with Crippen molar-refractivity contribution in [3.05, 3.63) is 69.2 Å². The van der Waals surface area contributed by atoms with Gasteiger partial charge in [-0.3, -0.25) is 0 Å². The lowest BCUT2D eigenvalue weighted by molar-refractivity contribution is 0.566. The number of hydrogen-bond donors (Lipinski definition) is 1. The maximum atomic E-state index is 13.7. The van der Waals surface area contributed by atoms with Crippen LogP contribution in [0.1, 0.15) is 22.7 Å². The minimum Gasteiger partial charge on any atom is -0.320 e. The van der Waals surface area contributed by atoms with Crippen LogP contribution in [0.15, 0.2) is 40.9 Å². The van der Waals surface area contributed by atoms with E-state index in [9.17, 15) is 8.78 Å². The van der Waals surface area contributed by atoms with Gasteiger partial charge in [0.15, 0.2) is 0 Å². The zero-order valence-electron chi connectivity index (χ0n) is 9.75. The first-order valence-corrected chi connectivity index (χ1v) is 6.24. The fourth-order valence-electron chi connectivity index (χ4n) is 1.88. The van der Waals surface area contributed by atoms with E-state index in [2.05, 4.69) is 15.9 Å². The van der Waals surface area contributed by atoms with Crippen molar-refractivity contribution in [2.75, 3.05) is 0 Å². The molecule has 0 aliphatic heterocycles. The molecule has 0 saturated heterocycles. The first kappa shape index (κ1) is 13.2. The van der Waals surface area contributed by atoms with Gasteiger partial charge in [-0.05, 0) is 36.2 Å². The van der Waals surface area contributed by atoms with Crippen LogP contribution < -0.4 is 5.73 Å². The van der Waals surface area contributed by atoms with E-state index in [0.29, 0.717) is 0 Å². The summed E-state index contributed by atoms with van der Waals surface area (Å²) in [6.45, 7) is 1.93. The summed E-state index contributed by atoms with van der Waals surface area (Å²) in [5.74, 6) is -1.23. The van der Waals surface area contributed by atoms with Crippen LogP contribution in [-0.4, -0.2) is 0 Å². The zero-order chi connectivity index (χ0) is 13.3. The molecule has 0 aliphatic carbocycles. The highest BCUT2D eigenvalue weighted by molar-refractivity contribution is 9.10. The summed E-state index contributed by atoms with van der Waals surface area (Å²) >= 11 is 3.37. The van der Waals surface area contributed by atoms with Crippen LogP contribution in [0.5, 0.6) is 0 Å². The average Bonchev–Trinajstić information content (AvgIpc) is 2.26. The van der Waals surface area contributed by atoms with E-state index in [1.165, 1.54) is 12.1 Å². The maximum absolute atomic E-state index is 13.7. The van der Waals surface area contributed by atoms with Crippen LogP contribution in [0.25, 0.3) is 0 Å². The van der Waals surface area contributed by atoms with Gasteiger partial charge < -0.3 is 5.73 Å². The first-order chi connectivity index (χ1) is 8.47. The van der Waals surface area contributed by atoms with Gasteiger partial charge in [0.2, 0.25) is 0 Å². The lowest BCUT2D eigenvalue weighted by Gasteiger charge is -2.14. The van der Waals surface area contributed by atoms with Gasteiger partial charge in [-0.2, -0.15) is 0 Å². The van der Waals surface area contributed by atoms with Gasteiger partial charge in [0.05, 0.1) is 6.04 Å². The van der Waals surface area contributed by atoms with Crippen molar-refractivity contribution in [3.8, 4) is 0 Å². The smallest absolute Gasteiger partial charge is 0.131 e. The number of hydrogen-bond acceptors (Lipinski definition) is 1. The zero-order valence-corrected chi connectivity index (χ0v) is 11.3. The largest absolute Gasteiger partial charge is 0.320 e. The molecule has 18 heavy (non-hydrogen) atoms. The molecular weight excluding hydrogens is 300 g/mol. The molecule has 0 amide bonds. The van der Waals surface area contributed by atoms with Crippen LogP contribution in [0.3, 0.4) is 0 Å². The summed E-state index contributed by atoms with van der Waals surface area (Å²) in [7, 11) is 0. The first-order valence-electron chi connectivity index (χ1n) is 5.45. The molecular formula is C14H12BrF2N. The Morgan fingerprint density at radius 1 is 1.11 bits per heavy atom. The molecule has 0 saturated carbocycles. The van der Waals surface area contributed by atoms with Gasteiger partial charge in [-0.1, -0.05) is 28.1 Å². The minimum absolute atomic E-state index is 0.286. The van der Waals surface area contributed by atoms with Crippen molar-refractivity contribution >= 4 is 15.9 Å². The Hall–Kier alpha value is -1.26. The van der Waals surface area contributed by atoms with Crippen molar-refractivity contribution in [1.29, 1.82) is 0 Å². The Morgan fingerprint density at radius 2 is 1.83 bits per heavy atom. The molecule has 0 bridgehead atoms. The lowest BCUT2D eigenvalue weighted by atomic mass is 9.98. The monoisotopic (exact) mass is 311 g/mol. The Bertz CT molecular complexity index is 564. The Balaban J connectivity index is 2.44. The summed E-state index contributed by atoms with van der Waals surface area (Å²) in [5, 5.41) is 0. The summed E-state index contributed by atoms with van der Waals surface area (Å²) in [5.41, 5.74) is 8.12. The minimum atomic E-state index is -0.625. The predicted octanol–water partition coefficient (Wildman–Crippen LogP) is 4.08. The second kappa shape index (κ2) is 5.16. The molecule has 0 radical (unpaired) electrons. The molecule has 4 heteroatoms. The molecule has 0 spiro atoms. The van der Waals surface area contributed by atoms with Gasteiger partial charge in [0.1, 0.15) is 11.6 Å². The van der Waals surface area contributed by atoms with Gasteiger partial charge in [0.25, 0.3) is 0 Å². The highest BCUT2D eigenvalue weighted by Crippen LogP contribution is 2.26. The van der Waals surface area contributed by atoms with E-state index < -0.39 is 17.7 Å². The van der Waals surface area contributed by atoms with Crippen molar-refractivity contribution in [1.82, 2.24) is 0 Å². The fourth-order valence-corrected chi connectivity index (χ4v) is 2.50. The van der Waals surface area contributed by atoms with E-state index >= 15 is 0 Å². The van der Waals surface area contributed by atoms with Crippen LogP contribution in [-0.2, 0) is 0 Å². The van der Waals surface area contributed by atoms with E-state index in [0.717, 1.165) is 21.7 Å². The average molecular weight is 312 g/mol. The number of halogens is 3. The maximum Gasteiger partial charge on any atom is 0.131 e. The van der Waals surface area contributed by atoms with Gasteiger partial charge in [-0.25, -0.2) is 8.78 Å². The molecule has 2 aromatic carbocycles. The third-order valence-electron chi connectivity index (χ3n) is 2.72. The fraction of sp³-hybridized carbons (Fsp3) is 0.143. The van der Waals surface area contributed by atoms with Gasteiger partial charge >= 0.3 is 0 Å². The molecule has 2 N–H and O–H groups in total. The molecule has 2 rings (SSSR count). The summed E-state index contributed by atoms with van der Waals surface area (Å²) in [6, 6.07) is 8.49. The second-order valence-corrected chi connectivity index (χ2v) is 5.12. The molecule has 1 unspecified atom stereocenters. The molecule has 94 valence electrons. The van der Waals surface area contributed by atoms with Crippen molar-refractivity contribution in [2.24, 2.45) is 5.73 Å². The van der Waals surface area contributed by atoms with E-state index in [1.807, 2.05) is 25.1 Å². The van der Waals surface area contributed by atoms with Gasteiger partial charge in [0, 0.05) is 16.1 Å². The van der Waals surface area contributed by atoms with Crippen LogP contribution in [0, 0.1) is 18.6 Å². The summed E-state index contributed by atoms with van der Waals surface area (Å²) in [6.07, 6.45) is 0. The molecule has 0 aliphatic rings. The van der Waals surface area contributed by atoms with Crippen molar-refractivity contribution < 1.29 is 8.78 Å².